The number of anilines is 1. The maximum absolute atomic E-state index is 12.7. The lowest BCUT2D eigenvalue weighted by Gasteiger charge is -2.36. The summed E-state index contributed by atoms with van der Waals surface area (Å²) in [6, 6.07) is 3.27. The van der Waals surface area contributed by atoms with Crippen molar-refractivity contribution in [2.75, 3.05) is 58.7 Å². The third kappa shape index (κ3) is 5.27. The first-order valence-electron chi connectivity index (χ1n) is 10.1. The molecule has 5 N–H and O–H groups in total. The molecule has 0 aromatic heterocycles. The first-order chi connectivity index (χ1) is 13.6. The number of amides is 1. The van der Waals surface area contributed by atoms with E-state index < -0.39 is 6.10 Å². The van der Waals surface area contributed by atoms with E-state index >= 15 is 0 Å². The molecule has 0 radical (unpaired) electrons. The second-order valence-electron chi connectivity index (χ2n) is 7.53. The predicted octanol–water partition coefficient (Wildman–Crippen LogP) is 0.452. The van der Waals surface area contributed by atoms with Crippen LogP contribution in [0.25, 0.3) is 0 Å². The number of unbranched alkanes of at least 4 members (excludes halogenated alkanes) is 1. The summed E-state index contributed by atoms with van der Waals surface area (Å²) in [5.41, 5.74) is 6.73. The van der Waals surface area contributed by atoms with Crippen molar-refractivity contribution in [3.63, 3.8) is 0 Å². The van der Waals surface area contributed by atoms with E-state index in [0.717, 1.165) is 38.9 Å². The maximum Gasteiger partial charge on any atom is 0.255 e. The standard InChI is InChI=1S/C20H32N4O4/c1-22-5-2-3-6-24-7-4-14(17(25)13-24)12-23-20(26)16-10-15(21)11-18-19(16)28-9-8-27-18/h10-11,14,17,22,25H,2-9,12-13,21H2,1H3,(H,23,26)/t14-,17?/m0/s1. The molecule has 2 aliphatic heterocycles. The van der Waals surface area contributed by atoms with E-state index in [1.807, 2.05) is 7.05 Å². The summed E-state index contributed by atoms with van der Waals surface area (Å²) < 4.78 is 11.1. The molecule has 0 aliphatic carbocycles. The highest BCUT2D eigenvalue weighted by atomic mass is 16.6. The van der Waals surface area contributed by atoms with E-state index in [4.69, 9.17) is 15.2 Å². The van der Waals surface area contributed by atoms with Gasteiger partial charge in [0.15, 0.2) is 11.5 Å². The molecule has 1 amide bonds. The molecule has 156 valence electrons. The number of ether oxygens (including phenoxy) is 2. The molecule has 3 rings (SSSR count). The fourth-order valence-electron chi connectivity index (χ4n) is 3.79. The number of carbonyl (C=O) groups excluding carboxylic acids is 1. The highest BCUT2D eigenvalue weighted by molar-refractivity contribution is 5.99. The van der Waals surface area contributed by atoms with Crippen LogP contribution in [0.5, 0.6) is 11.5 Å². The molecule has 1 aromatic rings. The van der Waals surface area contributed by atoms with Crippen LogP contribution in [0.4, 0.5) is 5.69 Å². The molecule has 0 saturated carbocycles. The van der Waals surface area contributed by atoms with Crippen molar-refractivity contribution in [1.29, 1.82) is 0 Å². The fraction of sp³-hybridized carbons (Fsp3) is 0.650. The maximum atomic E-state index is 12.7. The van der Waals surface area contributed by atoms with Crippen LogP contribution in [0.2, 0.25) is 0 Å². The molecular formula is C20H32N4O4. The molecule has 1 fully saturated rings. The molecule has 8 nitrogen and oxygen atoms in total. The number of nitrogens with one attached hydrogen (secondary N) is 2. The van der Waals surface area contributed by atoms with Crippen molar-refractivity contribution in [2.45, 2.75) is 25.4 Å². The van der Waals surface area contributed by atoms with Crippen LogP contribution in [0.15, 0.2) is 12.1 Å². The highest BCUT2D eigenvalue weighted by Crippen LogP contribution is 2.36. The Bertz CT molecular complexity index is 670. The number of hydrogen-bond acceptors (Lipinski definition) is 7. The Balaban J connectivity index is 1.50. The largest absolute Gasteiger partial charge is 0.486 e. The molecule has 8 heteroatoms. The number of β-amino-alcohol motifs (C(OH)–C–C–N with tert-alkyl or cyclic N) is 1. The lowest BCUT2D eigenvalue weighted by atomic mass is 9.93. The number of carbonyl (C=O) groups is 1. The second kappa shape index (κ2) is 9.95. The van der Waals surface area contributed by atoms with Crippen LogP contribution < -0.4 is 25.8 Å². The first-order valence-corrected chi connectivity index (χ1v) is 10.1. The minimum atomic E-state index is -0.437. The molecule has 1 unspecified atom stereocenters. The predicted molar refractivity (Wildman–Crippen MR) is 108 cm³/mol. The van der Waals surface area contributed by atoms with Crippen molar-refractivity contribution in [2.24, 2.45) is 5.92 Å². The van der Waals surface area contributed by atoms with Crippen molar-refractivity contribution in [1.82, 2.24) is 15.5 Å². The summed E-state index contributed by atoms with van der Waals surface area (Å²) in [5.74, 6) is 0.736. The zero-order valence-electron chi connectivity index (χ0n) is 16.6. The van der Waals surface area contributed by atoms with Gasteiger partial charge in [0.1, 0.15) is 13.2 Å². The monoisotopic (exact) mass is 392 g/mol. The van der Waals surface area contributed by atoms with E-state index in [1.54, 1.807) is 12.1 Å². The number of aliphatic hydroxyl groups is 1. The van der Waals surface area contributed by atoms with Crippen LogP contribution in [0, 0.1) is 5.92 Å². The summed E-state index contributed by atoms with van der Waals surface area (Å²) in [6.45, 7) is 4.91. The SMILES string of the molecule is CNCCCCN1CC[C@@H](CNC(=O)c2cc(N)cc3c2OCCO3)C(O)C1. The summed E-state index contributed by atoms with van der Waals surface area (Å²) in [6.07, 6.45) is 2.69. The number of likely N-dealkylation sites (tertiary alicyclic amines) is 1. The van der Waals surface area contributed by atoms with Crippen LogP contribution in [0.3, 0.4) is 0 Å². The number of aliphatic hydroxyl groups excluding tert-OH is 1. The third-order valence-electron chi connectivity index (χ3n) is 5.39. The Kier molecular flexibility index (Phi) is 7.36. The zero-order valence-corrected chi connectivity index (χ0v) is 16.6. The van der Waals surface area contributed by atoms with Gasteiger partial charge in [-0.2, -0.15) is 0 Å². The van der Waals surface area contributed by atoms with Crippen LogP contribution >= 0.6 is 0 Å². The molecular weight excluding hydrogens is 360 g/mol. The van der Waals surface area contributed by atoms with Crippen LogP contribution in [-0.2, 0) is 0 Å². The Morgan fingerprint density at radius 2 is 2.14 bits per heavy atom. The van der Waals surface area contributed by atoms with Gasteiger partial charge in [0.05, 0.1) is 11.7 Å². The fourth-order valence-corrected chi connectivity index (χ4v) is 3.79. The van der Waals surface area contributed by atoms with Gasteiger partial charge < -0.3 is 35.8 Å². The van der Waals surface area contributed by atoms with Gasteiger partial charge in [0.25, 0.3) is 5.91 Å². The Hall–Kier alpha value is -2.03. The van der Waals surface area contributed by atoms with E-state index in [1.165, 1.54) is 0 Å². The molecule has 0 bridgehead atoms. The molecule has 28 heavy (non-hydrogen) atoms. The van der Waals surface area contributed by atoms with Gasteiger partial charge in [-0.3, -0.25) is 4.79 Å². The number of benzene rings is 1. The summed E-state index contributed by atoms with van der Waals surface area (Å²) in [7, 11) is 1.96. The minimum Gasteiger partial charge on any atom is -0.486 e. The molecule has 0 spiro atoms. The summed E-state index contributed by atoms with van der Waals surface area (Å²) >= 11 is 0. The van der Waals surface area contributed by atoms with E-state index in [0.29, 0.717) is 49.1 Å². The highest BCUT2D eigenvalue weighted by Gasteiger charge is 2.28. The van der Waals surface area contributed by atoms with E-state index in [9.17, 15) is 9.90 Å². The normalized spacial score (nSPS) is 22.1. The number of piperidine rings is 1. The molecule has 2 atom stereocenters. The first kappa shape index (κ1) is 20.7. The van der Waals surface area contributed by atoms with Gasteiger partial charge in [-0.1, -0.05) is 0 Å². The third-order valence-corrected chi connectivity index (χ3v) is 5.39. The smallest absolute Gasteiger partial charge is 0.255 e. The van der Waals surface area contributed by atoms with Gasteiger partial charge >= 0.3 is 0 Å². The quantitative estimate of drug-likeness (QED) is 0.376. The number of nitrogens with two attached hydrogens (primary N) is 1. The summed E-state index contributed by atoms with van der Waals surface area (Å²) in [5, 5.41) is 16.6. The van der Waals surface area contributed by atoms with Crippen molar-refractivity contribution in [3.8, 4) is 11.5 Å². The van der Waals surface area contributed by atoms with Crippen LogP contribution in [-0.4, -0.2) is 75.0 Å². The lowest BCUT2D eigenvalue weighted by Crippen LogP contribution is -2.47. The number of rotatable bonds is 8. The molecule has 1 aromatic carbocycles. The van der Waals surface area contributed by atoms with E-state index in [2.05, 4.69) is 15.5 Å². The van der Waals surface area contributed by atoms with Crippen molar-refractivity contribution >= 4 is 11.6 Å². The number of nitrogen functional groups attached to an aromatic ring is 1. The minimum absolute atomic E-state index is 0.0477. The van der Waals surface area contributed by atoms with Gasteiger partial charge in [-0.25, -0.2) is 0 Å². The van der Waals surface area contributed by atoms with Gasteiger partial charge in [0.2, 0.25) is 0 Å². The average molecular weight is 393 g/mol. The van der Waals surface area contributed by atoms with Gasteiger partial charge in [-0.15, -0.1) is 0 Å². The Morgan fingerprint density at radius 1 is 1.32 bits per heavy atom. The number of hydrogen-bond donors (Lipinski definition) is 4. The topological polar surface area (TPSA) is 109 Å². The van der Waals surface area contributed by atoms with Gasteiger partial charge in [-0.05, 0) is 52.0 Å². The second-order valence-corrected chi connectivity index (χ2v) is 7.53. The molecule has 2 aliphatic rings. The van der Waals surface area contributed by atoms with Crippen molar-refractivity contribution < 1.29 is 19.4 Å². The van der Waals surface area contributed by atoms with Crippen LogP contribution in [0.1, 0.15) is 29.6 Å². The average Bonchev–Trinajstić information content (AvgIpc) is 2.69. The Labute approximate surface area is 166 Å². The number of fused-ring (bicyclic) bond motifs is 1. The molecule has 1 saturated heterocycles. The zero-order chi connectivity index (χ0) is 19.9. The number of nitrogens with zero attached hydrogens (tertiary/aromatic N) is 1. The molecule has 2 heterocycles. The van der Waals surface area contributed by atoms with Gasteiger partial charge in [0, 0.05) is 30.8 Å². The summed E-state index contributed by atoms with van der Waals surface area (Å²) in [4.78, 5) is 15.0. The van der Waals surface area contributed by atoms with Crippen molar-refractivity contribution in [3.05, 3.63) is 17.7 Å². The Morgan fingerprint density at radius 3 is 2.93 bits per heavy atom. The van der Waals surface area contributed by atoms with E-state index in [-0.39, 0.29) is 11.8 Å². The lowest BCUT2D eigenvalue weighted by molar-refractivity contribution is 0.0216.